The van der Waals surface area contributed by atoms with Crippen LogP contribution in [-0.2, 0) is 28.9 Å². The number of ether oxygens (including phenoxy) is 2. The van der Waals surface area contributed by atoms with Gasteiger partial charge in [-0.3, -0.25) is 9.35 Å². The Bertz CT molecular complexity index is 1370. The molecule has 1 aliphatic rings. The Morgan fingerprint density at radius 3 is 1.16 bits per heavy atom. The first-order valence-corrected chi connectivity index (χ1v) is 33.4. The Labute approximate surface area is 461 Å². The minimum Gasteiger partial charge on any atom is -0.394 e. The van der Waals surface area contributed by atoms with Crippen LogP contribution in [0.15, 0.2) is 12.2 Å². The van der Waals surface area contributed by atoms with Gasteiger partial charge in [-0.15, -0.1) is 0 Å². The number of carbonyl (C=O) groups excluding carboxylic acids is 1. The monoisotopic (exact) mass is 1090 g/mol. The zero-order valence-corrected chi connectivity index (χ0v) is 49.5. The lowest BCUT2D eigenvalue weighted by atomic mass is 9.99. The van der Waals surface area contributed by atoms with Crippen molar-refractivity contribution in [2.24, 2.45) is 0 Å². The van der Waals surface area contributed by atoms with Crippen molar-refractivity contribution in [2.75, 3.05) is 13.2 Å². The lowest BCUT2D eigenvalue weighted by molar-refractivity contribution is -0.298. The van der Waals surface area contributed by atoms with E-state index in [0.29, 0.717) is 6.42 Å². The van der Waals surface area contributed by atoms with E-state index in [1.807, 2.05) is 6.08 Å². The summed E-state index contributed by atoms with van der Waals surface area (Å²) in [4.78, 5) is 13.1. The SMILES string of the molecule is CCCCCCCCC/C=C/C(O)C(COC1OC(CO)C(O)C(OS(=O)(=O)O)C1O)NC(=O)CCCCCCCCCCCCCCCCCCCCCCCCCCCCCCCCCCCCCCCCC. The molecule has 1 aliphatic heterocycles. The Hall–Kier alpha value is -1.16. The van der Waals surface area contributed by atoms with Gasteiger partial charge in [-0.25, -0.2) is 4.18 Å². The van der Waals surface area contributed by atoms with E-state index in [-0.39, 0.29) is 18.9 Å². The summed E-state index contributed by atoms with van der Waals surface area (Å²) in [6, 6.07) is -0.938. The topological polar surface area (TPSA) is 192 Å². The summed E-state index contributed by atoms with van der Waals surface area (Å²) in [5.41, 5.74) is 0. The quantitative estimate of drug-likeness (QED) is 0.0193. The molecule has 0 aromatic heterocycles. The van der Waals surface area contributed by atoms with Crippen molar-refractivity contribution in [3.05, 3.63) is 12.2 Å². The van der Waals surface area contributed by atoms with Crippen LogP contribution in [-0.4, -0.2) is 95.4 Å². The largest absolute Gasteiger partial charge is 0.397 e. The second-order valence-electron chi connectivity index (χ2n) is 22.7. The number of nitrogens with one attached hydrogen (secondary N) is 1. The van der Waals surface area contributed by atoms with Crippen LogP contribution in [0.4, 0.5) is 0 Å². The molecule has 0 spiro atoms. The molecular weight excluding hydrogens is 967 g/mol. The number of amides is 1. The van der Waals surface area contributed by atoms with Crippen molar-refractivity contribution in [1.82, 2.24) is 5.32 Å². The van der Waals surface area contributed by atoms with Crippen LogP contribution < -0.4 is 5.32 Å². The number of unbranched alkanes of at least 4 members (excludes halogenated alkanes) is 45. The molecule has 0 aliphatic carbocycles. The summed E-state index contributed by atoms with van der Waals surface area (Å²) in [5.74, 6) is -0.258. The second kappa shape index (κ2) is 52.2. The first-order chi connectivity index (χ1) is 36.5. The van der Waals surface area contributed by atoms with Crippen LogP contribution in [0.5, 0.6) is 0 Å². The third-order valence-electron chi connectivity index (χ3n) is 15.6. The summed E-state index contributed by atoms with van der Waals surface area (Å²) >= 11 is 0. The van der Waals surface area contributed by atoms with Gasteiger partial charge in [-0.1, -0.05) is 309 Å². The van der Waals surface area contributed by atoms with Gasteiger partial charge < -0.3 is 35.2 Å². The van der Waals surface area contributed by atoms with Gasteiger partial charge in [0.2, 0.25) is 5.91 Å². The molecule has 1 rings (SSSR count). The van der Waals surface area contributed by atoms with Gasteiger partial charge in [0.1, 0.15) is 24.4 Å². The fourth-order valence-corrected chi connectivity index (χ4v) is 11.1. The number of aliphatic hydroxyl groups is 4. The maximum absolute atomic E-state index is 13.1. The van der Waals surface area contributed by atoms with Gasteiger partial charge in [0.25, 0.3) is 0 Å². The van der Waals surface area contributed by atoms with Gasteiger partial charge in [-0.05, 0) is 19.3 Å². The normalized spacial score (nSPS) is 19.1. The van der Waals surface area contributed by atoms with E-state index < -0.39 is 59.9 Å². The molecule has 0 radical (unpaired) electrons. The van der Waals surface area contributed by atoms with Gasteiger partial charge in [0, 0.05) is 6.42 Å². The van der Waals surface area contributed by atoms with Gasteiger partial charge in [0.05, 0.1) is 25.4 Å². The van der Waals surface area contributed by atoms with E-state index >= 15 is 0 Å². The molecule has 7 atom stereocenters. The van der Waals surface area contributed by atoms with Crippen molar-refractivity contribution in [3.8, 4) is 0 Å². The van der Waals surface area contributed by atoms with Crippen molar-refractivity contribution < 1.29 is 51.8 Å². The number of rotatable bonds is 57. The molecule has 1 fully saturated rings. The van der Waals surface area contributed by atoms with E-state index in [2.05, 4.69) is 23.3 Å². The van der Waals surface area contributed by atoms with Crippen molar-refractivity contribution >= 4 is 16.3 Å². The molecule has 1 saturated heterocycles. The first kappa shape index (κ1) is 71.9. The Kier molecular flexibility index (Phi) is 50.0. The number of carbonyl (C=O) groups is 1. The number of hydrogen-bond donors (Lipinski definition) is 6. The van der Waals surface area contributed by atoms with Crippen LogP contribution in [0.2, 0.25) is 0 Å². The predicted octanol–water partition coefficient (Wildman–Crippen LogP) is 15.8. The van der Waals surface area contributed by atoms with Crippen LogP contribution in [0.25, 0.3) is 0 Å². The molecule has 12 nitrogen and oxygen atoms in total. The maximum Gasteiger partial charge on any atom is 0.397 e. The molecule has 1 amide bonds. The zero-order valence-electron chi connectivity index (χ0n) is 48.6. The van der Waals surface area contributed by atoms with Crippen LogP contribution in [0, 0.1) is 0 Å². The Balaban J connectivity index is 2.06. The molecule has 0 aromatic rings. The van der Waals surface area contributed by atoms with E-state index in [4.69, 9.17) is 9.47 Å². The van der Waals surface area contributed by atoms with Crippen LogP contribution in [0.3, 0.4) is 0 Å². The van der Waals surface area contributed by atoms with E-state index in [1.165, 1.54) is 250 Å². The van der Waals surface area contributed by atoms with Gasteiger partial charge in [0.15, 0.2) is 6.29 Å². The van der Waals surface area contributed by atoms with Gasteiger partial charge in [-0.2, -0.15) is 8.42 Å². The highest BCUT2D eigenvalue weighted by Gasteiger charge is 2.48. The highest BCUT2D eigenvalue weighted by Crippen LogP contribution is 2.26. The van der Waals surface area contributed by atoms with Crippen molar-refractivity contribution in [2.45, 2.75) is 365 Å². The fraction of sp³-hybridized carbons (Fsp3) is 0.952. The van der Waals surface area contributed by atoms with E-state index in [1.54, 1.807) is 6.08 Å². The standard InChI is InChI=1S/C62H121NO11S/c1-3-5-7-9-11-13-14-15-16-17-18-19-20-21-22-23-24-25-26-27-28-29-30-31-32-33-34-35-36-37-38-39-40-41-42-44-46-48-50-52-58(66)63-55(56(65)51-49-47-45-43-12-10-8-6-4-2)54-72-62-60(68)61(74-75(69,70)71)59(67)57(53-64)73-62/h49,51,55-57,59-62,64-65,67-68H,3-48,50,52-54H2,1-2H3,(H,63,66)(H,69,70,71)/b51-49+. The molecule has 7 unspecified atom stereocenters. The number of hydrogen-bond acceptors (Lipinski definition) is 10. The summed E-state index contributed by atoms with van der Waals surface area (Å²) in [5, 5.41) is 44.8. The second-order valence-corrected chi connectivity index (χ2v) is 23.8. The third-order valence-corrected chi connectivity index (χ3v) is 16.0. The Morgan fingerprint density at radius 1 is 0.520 bits per heavy atom. The molecule has 1 heterocycles. The van der Waals surface area contributed by atoms with Crippen molar-refractivity contribution in [1.29, 1.82) is 0 Å². The smallest absolute Gasteiger partial charge is 0.394 e. The maximum atomic E-state index is 13.1. The minimum absolute atomic E-state index is 0.258. The van der Waals surface area contributed by atoms with E-state index in [9.17, 15) is 38.2 Å². The Morgan fingerprint density at radius 2 is 0.840 bits per heavy atom. The molecule has 446 valence electrons. The fourth-order valence-electron chi connectivity index (χ4n) is 10.6. The first-order valence-electron chi connectivity index (χ1n) is 32.1. The van der Waals surface area contributed by atoms with Crippen LogP contribution in [0.1, 0.15) is 322 Å². The summed E-state index contributed by atoms with van der Waals surface area (Å²) in [6.45, 7) is 3.39. The molecule has 0 aromatic carbocycles. The lowest BCUT2D eigenvalue weighted by Gasteiger charge is -2.41. The minimum atomic E-state index is -5.08. The highest BCUT2D eigenvalue weighted by molar-refractivity contribution is 7.80. The number of aliphatic hydroxyl groups excluding tert-OH is 4. The van der Waals surface area contributed by atoms with E-state index in [0.717, 1.165) is 44.9 Å². The third kappa shape index (κ3) is 44.3. The lowest BCUT2D eigenvalue weighted by Crippen LogP contribution is -2.61. The average Bonchev–Trinajstić information content (AvgIpc) is 3.39. The van der Waals surface area contributed by atoms with Gasteiger partial charge >= 0.3 is 10.4 Å². The van der Waals surface area contributed by atoms with Crippen molar-refractivity contribution in [3.63, 3.8) is 0 Å². The molecule has 6 N–H and O–H groups in total. The molecular formula is C62H121NO11S. The average molecular weight is 1090 g/mol. The summed E-state index contributed by atoms with van der Waals surface area (Å²) < 4.78 is 47.7. The molecule has 13 heteroatoms. The number of allylic oxidation sites excluding steroid dienone is 1. The molecule has 0 saturated carbocycles. The summed E-state index contributed by atoms with van der Waals surface area (Å²) in [7, 11) is -5.08. The summed E-state index contributed by atoms with van der Waals surface area (Å²) in [6.07, 6.45) is 56.3. The molecule has 75 heavy (non-hydrogen) atoms. The predicted molar refractivity (Wildman–Crippen MR) is 310 cm³/mol. The zero-order chi connectivity index (χ0) is 54.7. The van der Waals surface area contributed by atoms with Crippen LogP contribution >= 0.6 is 0 Å². The molecule has 0 bridgehead atoms. The highest BCUT2D eigenvalue weighted by atomic mass is 32.3.